The lowest BCUT2D eigenvalue weighted by Gasteiger charge is -2.20. The quantitative estimate of drug-likeness (QED) is 0.540. The number of carbonyl (C=O) groups excluding carboxylic acids is 1. The smallest absolute Gasteiger partial charge is 0.244 e. The molecule has 1 aromatic carbocycles. The van der Waals surface area contributed by atoms with Gasteiger partial charge in [0.2, 0.25) is 5.91 Å². The van der Waals surface area contributed by atoms with Gasteiger partial charge >= 0.3 is 0 Å². The Hall–Kier alpha value is -1.81. The van der Waals surface area contributed by atoms with Gasteiger partial charge in [0.1, 0.15) is 0 Å². The summed E-state index contributed by atoms with van der Waals surface area (Å²) in [5.41, 5.74) is 7.22. The van der Waals surface area contributed by atoms with E-state index in [9.17, 15) is 4.79 Å². The summed E-state index contributed by atoms with van der Waals surface area (Å²) < 4.78 is 0. The topological polar surface area (TPSA) is 75.3 Å². The molecule has 0 fully saturated rings. The van der Waals surface area contributed by atoms with E-state index in [0.29, 0.717) is 12.1 Å². The first-order chi connectivity index (χ1) is 9.02. The molecule has 0 heterocycles. The van der Waals surface area contributed by atoms with Crippen LogP contribution in [0.15, 0.2) is 30.3 Å². The van der Waals surface area contributed by atoms with Crippen LogP contribution in [0.25, 0.3) is 6.08 Å². The molecular weight excluding hydrogens is 240 g/mol. The van der Waals surface area contributed by atoms with E-state index in [1.165, 1.54) is 6.08 Å². The molecule has 104 valence electrons. The Labute approximate surface area is 114 Å². The van der Waals surface area contributed by atoms with Crippen molar-refractivity contribution in [1.29, 1.82) is 0 Å². The van der Waals surface area contributed by atoms with Gasteiger partial charge in [-0.2, -0.15) is 0 Å². The molecule has 1 amide bonds. The van der Waals surface area contributed by atoms with Gasteiger partial charge in [0.25, 0.3) is 0 Å². The summed E-state index contributed by atoms with van der Waals surface area (Å²) in [6.07, 6.45) is 3.78. The van der Waals surface area contributed by atoms with Gasteiger partial charge < -0.3 is 16.2 Å². The number of anilines is 1. The highest BCUT2D eigenvalue weighted by molar-refractivity contribution is 5.92. The van der Waals surface area contributed by atoms with Crippen LogP contribution >= 0.6 is 0 Å². The Morgan fingerprint density at radius 3 is 2.79 bits per heavy atom. The van der Waals surface area contributed by atoms with Crippen LogP contribution < -0.4 is 11.1 Å². The van der Waals surface area contributed by atoms with Crippen molar-refractivity contribution in [2.75, 3.05) is 12.3 Å². The maximum atomic E-state index is 11.8. The molecular formula is C15H22N2O2. The highest BCUT2D eigenvalue weighted by Gasteiger charge is 2.13. The first kappa shape index (κ1) is 15.2. The van der Waals surface area contributed by atoms with Crippen LogP contribution in [0.3, 0.4) is 0 Å². The normalized spacial score (nSPS) is 12.8. The third-order valence-electron chi connectivity index (χ3n) is 2.91. The number of hydrogen-bond acceptors (Lipinski definition) is 3. The number of aliphatic hydroxyl groups excluding tert-OH is 1. The van der Waals surface area contributed by atoms with Crippen molar-refractivity contribution in [3.05, 3.63) is 35.9 Å². The minimum absolute atomic E-state index is 0.0111. The molecule has 1 unspecified atom stereocenters. The largest absolute Gasteiger partial charge is 0.399 e. The molecule has 0 aliphatic heterocycles. The van der Waals surface area contributed by atoms with Crippen LogP contribution in [0.2, 0.25) is 0 Å². The fourth-order valence-corrected chi connectivity index (χ4v) is 1.78. The summed E-state index contributed by atoms with van der Waals surface area (Å²) >= 11 is 0. The number of nitrogens with two attached hydrogens (primary N) is 1. The van der Waals surface area contributed by atoms with E-state index in [0.717, 1.165) is 5.56 Å². The number of amides is 1. The van der Waals surface area contributed by atoms with Crippen molar-refractivity contribution < 1.29 is 9.90 Å². The van der Waals surface area contributed by atoms with Gasteiger partial charge in [-0.25, -0.2) is 0 Å². The van der Waals surface area contributed by atoms with Gasteiger partial charge in [0, 0.05) is 24.4 Å². The zero-order valence-corrected chi connectivity index (χ0v) is 11.5. The summed E-state index contributed by atoms with van der Waals surface area (Å²) in [6, 6.07) is 7.32. The molecule has 0 bridgehead atoms. The Kier molecular flexibility index (Phi) is 6.09. The number of benzene rings is 1. The van der Waals surface area contributed by atoms with Crippen molar-refractivity contribution in [2.24, 2.45) is 5.92 Å². The van der Waals surface area contributed by atoms with Crippen LogP contribution in [0.1, 0.15) is 25.8 Å². The predicted octanol–water partition coefficient (Wildman–Crippen LogP) is 1.81. The molecule has 1 rings (SSSR count). The van der Waals surface area contributed by atoms with Crippen molar-refractivity contribution in [3.63, 3.8) is 0 Å². The summed E-state index contributed by atoms with van der Waals surface area (Å²) in [6.45, 7) is 4.10. The van der Waals surface area contributed by atoms with Crippen LogP contribution in [0.4, 0.5) is 5.69 Å². The van der Waals surface area contributed by atoms with E-state index >= 15 is 0 Å². The van der Waals surface area contributed by atoms with Gasteiger partial charge in [0.15, 0.2) is 0 Å². The van der Waals surface area contributed by atoms with Crippen LogP contribution in [-0.4, -0.2) is 23.7 Å². The van der Waals surface area contributed by atoms with E-state index < -0.39 is 0 Å². The second-order valence-electron chi connectivity index (χ2n) is 4.87. The zero-order valence-electron chi connectivity index (χ0n) is 11.5. The average Bonchev–Trinajstić information content (AvgIpc) is 2.36. The lowest BCUT2D eigenvalue weighted by Crippen LogP contribution is -2.38. The number of carbonyl (C=O) groups is 1. The number of rotatable bonds is 6. The minimum Gasteiger partial charge on any atom is -0.399 e. The first-order valence-corrected chi connectivity index (χ1v) is 6.48. The molecule has 0 aliphatic rings. The van der Waals surface area contributed by atoms with Crippen molar-refractivity contribution in [2.45, 2.75) is 26.3 Å². The van der Waals surface area contributed by atoms with Crippen molar-refractivity contribution >= 4 is 17.7 Å². The summed E-state index contributed by atoms with van der Waals surface area (Å²) in [5.74, 6) is 0.131. The summed E-state index contributed by atoms with van der Waals surface area (Å²) in [5, 5.41) is 11.8. The van der Waals surface area contributed by atoms with Gasteiger partial charge in [-0.15, -0.1) is 0 Å². The Morgan fingerprint density at radius 1 is 1.47 bits per heavy atom. The number of hydrogen-bond donors (Lipinski definition) is 3. The Balaban J connectivity index is 2.59. The predicted molar refractivity (Wildman–Crippen MR) is 78.4 cm³/mol. The molecule has 0 saturated heterocycles. The third kappa shape index (κ3) is 5.57. The number of aliphatic hydroxyl groups is 1. The molecule has 0 saturated carbocycles. The van der Waals surface area contributed by atoms with E-state index in [-0.39, 0.29) is 24.5 Å². The second-order valence-corrected chi connectivity index (χ2v) is 4.87. The molecule has 0 spiro atoms. The standard InChI is InChI=1S/C15H22N2O2/c1-11(2)14(8-9-18)17-15(19)7-6-12-4-3-5-13(16)10-12/h3-7,10-11,14,18H,8-9,16H2,1-2H3,(H,17,19)/b7-6+. The average molecular weight is 262 g/mol. The molecule has 0 aromatic heterocycles. The zero-order chi connectivity index (χ0) is 14.3. The van der Waals surface area contributed by atoms with Gasteiger partial charge in [0.05, 0.1) is 0 Å². The molecule has 4 N–H and O–H groups in total. The molecule has 0 aliphatic carbocycles. The Morgan fingerprint density at radius 2 is 2.21 bits per heavy atom. The molecule has 4 nitrogen and oxygen atoms in total. The molecule has 4 heteroatoms. The minimum atomic E-state index is -0.158. The van der Waals surface area contributed by atoms with E-state index in [1.807, 2.05) is 26.0 Å². The van der Waals surface area contributed by atoms with E-state index in [4.69, 9.17) is 10.8 Å². The van der Waals surface area contributed by atoms with Crippen LogP contribution in [0, 0.1) is 5.92 Å². The van der Waals surface area contributed by atoms with Crippen molar-refractivity contribution in [3.8, 4) is 0 Å². The maximum Gasteiger partial charge on any atom is 0.244 e. The highest BCUT2D eigenvalue weighted by Crippen LogP contribution is 2.09. The van der Waals surface area contributed by atoms with Crippen LogP contribution in [0.5, 0.6) is 0 Å². The number of nitrogens with one attached hydrogen (secondary N) is 1. The third-order valence-corrected chi connectivity index (χ3v) is 2.91. The lowest BCUT2D eigenvalue weighted by molar-refractivity contribution is -0.117. The Bertz CT molecular complexity index is 442. The molecule has 1 aromatic rings. The van der Waals surface area contributed by atoms with Gasteiger partial charge in [-0.3, -0.25) is 4.79 Å². The monoisotopic (exact) mass is 262 g/mol. The maximum absolute atomic E-state index is 11.8. The molecule has 1 atom stereocenters. The molecule has 0 radical (unpaired) electrons. The van der Waals surface area contributed by atoms with Gasteiger partial charge in [-0.05, 0) is 36.1 Å². The fourth-order valence-electron chi connectivity index (χ4n) is 1.78. The van der Waals surface area contributed by atoms with Gasteiger partial charge in [-0.1, -0.05) is 26.0 Å². The summed E-state index contributed by atoms with van der Waals surface area (Å²) in [4.78, 5) is 11.8. The van der Waals surface area contributed by atoms with E-state index in [2.05, 4.69) is 5.32 Å². The highest BCUT2D eigenvalue weighted by atomic mass is 16.3. The number of nitrogen functional groups attached to an aromatic ring is 1. The van der Waals surface area contributed by atoms with E-state index in [1.54, 1.807) is 18.2 Å². The fraction of sp³-hybridized carbons (Fsp3) is 0.400. The van der Waals surface area contributed by atoms with Crippen LogP contribution in [-0.2, 0) is 4.79 Å². The second kappa shape index (κ2) is 7.59. The molecule has 19 heavy (non-hydrogen) atoms. The van der Waals surface area contributed by atoms with Crippen molar-refractivity contribution in [1.82, 2.24) is 5.32 Å². The SMILES string of the molecule is CC(C)C(CCO)NC(=O)/C=C/c1cccc(N)c1. The lowest BCUT2D eigenvalue weighted by atomic mass is 10.0. The summed E-state index contributed by atoms with van der Waals surface area (Å²) in [7, 11) is 0. The first-order valence-electron chi connectivity index (χ1n) is 6.48.